The van der Waals surface area contributed by atoms with E-state index in [1.54, 1.807) is 62.4 Å². The van der Waals surface area contributed by atoms with Crippen LogP contribution < -0.4 is 8.37 Å². The van der Waals surface area contributed by atoms with E-state index in [2.05, 4.69) is 0 Å². The molecule has 0 N–H and O–H groups in total. The third-order valence-electron chi connectivity index (χ3n) is 5.35. The number of benzene rings is 4. The van der Waals surface area contributed by atoms with Crippen LogP contribution in [-0.4, -0.2) is 16.8 Å². The van der Waals surface area contributed by atoms with E-state index in [4.69, 9.17) is 8.37 Å². The molecule has 0 saturated carbocycles. The molecule has 4 aromatic rings. The van der Waals surface area contributed by atoms with Gasteiger partial charge in [-0.3, -0.25) is 0 Å². The molecule has 8 heteroatoms. The number of hydrogen-bond acceptors (Lipinski definition) is 6. The van der Waals surface area contributed by atoms with Crippen LogP contribution in [-0.2, 0) is 26.7 Å². The summed E-state index contributed by atoms with van der Waals surface area (Å²) < 4.78 is 60.7. The third kappa shape index (κ3) is 5.90. The molecule has 0 aliphatic rings. The van der Waals surface area contributed by atoms with Gasteiger partial charge in [-0.15, -0.1) is 0 Å². The maximum Gasteiger partial charge on any atom is 0.339 e. The van der Waals surface area contributed by atoms with Crippen molar-refractivity contribution in [2.45, 2.75) is 30.1 Å². The molecule has 0 heterocycles. The van der Waals surface area contributed by atoms with E-state index in [9.17, 15) is 16.8 Å². The minimum atomic E-state index is -3.92. The number of aryl methyl sites for hydroxylation is 2. The molecule has 35 heavy (non-hydrogen) atoms. The summed E-state index contributed by atoms with van der Waals surface area (Å²) in [5.74, 6) is 0.535. The van der Waals surface area contributed by atoms with Gasteiger partial charge in [-0.2, -0.15) is 16.8 Å². The van der Waals surface area contributed by atoms with Gasteiger partial charge in [-0.25, -0.2) is 0 Å². The summed E-state index contributed by atoms with van der Waals surface area (Å²) in [6.45, 7) is 3.58. The normalized spacial score (nSPS) is 11.7. The summed E-state index contributed by atoms with van der Waals surface area (Å²) in [5, 5.41) is 0. The van der Waals surface area contributed by atoms with Crippen molar-refractivity contribution in [1.29, 1.82) is 0 Å². The molecule has 0 aliphatic carbocycles. The molecule has 0 saturated heterocycles. The van der Waals surface area contributed by atoms with Crippen molar-refractivity contribution >= 4 is 20.2 Å². The Kier molecular flexibility index (Phi) is 6.95. The van der Waals surface area contributed by atoms with E-state index in [-0.39, 0.29) is 21.3 Å². The molecule has 0 amide bonds. The predicted molar refractivity (Wildman–Crippen MR) is 134 cm³/mol. The molecule has 4 aromatic carbocycles. The molecular weight excluding hydrogens is 484 g/mol. The average Bonchev–Trinajstić information content (AvgIpc) is 2.84. The number of rotatable bonds is 8. The first kappa shape index (κ1) is 24.5. The van der Waals surface area contributed by atoms with Gasteiger partial charge < -0.3 is 8.37 Å². The molecule has 4 rings (SSSR count). The van der Waals surface area contributed by atoms with Crippen molar-refractivity contribution in [3.05, 3.63) is 119 Å². The van der Waals surface area contributed by atoms with Gasteiger partial charge in [0.2, 0.25) is 0 Å². The van der Waals surface area contributed by atoms with E-state index in [1.165, 1.54) is 24.3 Å². The quantitative estimate of drug-likeness (QED) is 0.295. The van der Waals surface area contributed by atoms with Crippen LogP contribution in [0.5, 0.6) is 11.5 Å². The topological polar surface area (TPSA) is 86.7 Å². The first-order valence-electron chi connectivity index (χ1n) is 10.8. The van der Waals surface area contributed by atoms with E-state index < -0.39 is 20.2 Å². The van der Waals surface area contributed by atoms with Gasteiger partial charge in [0.1, 0.15) is 21.3 Å². The average molecular weight is 509 g/mol. The SMILES string of the molecule is Cc1cc(Cc2ccc(OS(=O)(=O)c3ccccc3)c(C)c2)ccc1OS(=O)(=O)c1ccccc1. The molecular formula is C27H24O6S2. The Morgan fingerprint density at radius 1 is 0.543 bits per heavy atom. The Labute approximate surface area is 206 Å². The molecule has 0 aliphatic heterocycles. The minimum absolute atomic E-state index is 0.0931. The lowest BCUT2D eigenvalue weighted by Gasteiger charge is -2.12. The zero-order valence-electron chi connectivity index (χ0n) is 19.2. The van der Waals surface area contributed by atoms with Crippen molar-refractivity contribution in [3.8, 4) is 11.5 Å². The van der Waals surface area contributed by atoms with Crippen molar-refractivity contribution in [1.82, 2.24) is 0 Å². The Balaban J connectivity index is 1.48. The van der Waals surface area contributed by atoms with Crippen LogP contribution in [0.4, 0.5) is 0 Å². The second kappa shape index (κ2) is 9.93. The van der Waals surface area contributed by atoms with E-state index in [1.807, 2.05) is 24.3 Å². The fraction of sp³-hybridized carbons (Fsp3) is 0.111. The zero-order chi connectivity index (χ0) is 25.1. The maximum atomic E-state index is 12.5. The van der Waals surface area contributed by atoms with Crippen LogP contribution in [0, 0.1) is 13.8 Å². The summed E-state index contributed by atoms with van der Waals surface area (Å²) in [6, 6.07) is 26.6. The summed E-state index contributed by atoms with van der Waals surface area (Å²) >= 11 is 0. The molecule has 0 unspecified atom stereocenters. The van der Waals surface area contributed by atoms with Crippen LogP contribution in [0.25, 0.3) is 0 Å². The smallest absolute Gasteiger partial charge is 0.339 e. The van der Waals surface area contributed by atoms with Gasteiger partial charge in [0.15, 0.2) is 0 Å². The van der Waals surface area contributed by atoms with Crippen molar-refractivity contribution in [2.24, 2.45) is 0 Å². The highest BCUT2D eigenvalue weighted by Crippen LogP contribution is 2.27. The second-order valence-electron chi connectivity index (χ2n) is 8.08. The summed E-state index contributed by atoms with van der Waals surface area (Å²) in [7, 11) is -7.83. The van der Waals surface area contributed by atoms with E-state index in [0.717, 1.165) is 11.1 Å². The van der Waals surface area contributed by atoms with Crippen LogP contribution in [0.15, 0.2) is 107 Å². The highest BCUT2D eigenvalue weighted by Gasteiger charge is 2.19. The van der Waals surface area contributed by atoms with Crippen molar-refractivity contribution in [2.75, 3.05) is 0 Å². The van der Waals surface area contributed by atoms with Crippen molar-refractivity contribution < 1.29 is 25.2 Å². The van der Waals surface area contributed by atoms with Gasteiger partial charge in [0, 0.05) is 0 Å². The molecule has 180 valence electrons. The lowest BCUT2D eigenvalue weighted by molar-refractivity contribution is 0.482. The minimum Gasteiger partial charge on any atom is -0.379 e. The lowest BCUT2D eigenvalue weighted by Crippen LogP contribution is -2.10. The summed E-state index contributed by atoms with van der Waals surface area (Å²) in [6.07, 6.45) is 0.569. The Morgan fingerprint density at radius 3 is 1.26 bits per heavy atom. The monoisotopic (exact) mass is 508 g/mol. The zero-order valence-corrected chi connectivity index (χ0v) is 20.8. The highest BCUT2D eigenvalue weighted by atomic mass is 32.2. The first-order chi connectivity index (χ1) is 16.6. The second-order valence-corrected chi connectivity index (χ2v) is 11.2. The molecule has 6 nitrogen and oxygen atoms in total. The Morgan fingerprint density at radius 2 is 0.914 bits per heavy atom. The molecule has 0 fully saturated rings. The fourth-order valence-corrected chi connectivity index (χ4v) is 5.59. The Bertz CT molecular complexity index is 1430. The predicted octanol–water partition coefficient (Wildman–Crippen LogP) is 5.43. The maximum absolute atomic E-state index is 12.5. The van der Waals surface area contributed by atoms with Gasteiger partial charge in [0.05, 0.1) is 0 Å². The van der Waals surface area contributed by atoms with Gasteiger partial charge in [-0.05, 0) is 78.9 Å². The van der Waals surface area contributed by atoms with Crippen LogP contribution in [0.2, 0.25) is 0 Å². The van der Waals surface area contributed by atoms with Gasteiger partial charge >= 0.3 is 20.2 Å². The molecule has 0 aromatic heterocycles. The summed E-state index contributed by atoms with van der Waals surface area (Å²) in [4.78, 5) is 0.186. The standard InChI is InChI=1S/C27H24O6S2/c1-20-17-22(13-15-26(20)32-34(28,29)24-9-5-3-6-10-24)19-23-14-16-27(21(2)18-23)33-35(30,31)25-11-7-4-8-12-25/h3-18H,19H2,1-2H3. The van der Waals surface area contributed by atoms with Gasteiger partial charge in [0.25, 0.3) is 0 Å². The molecule has 0 bridgehead atoms. The van der Waals surface area contributed by atoms with Gasteiger partial charge in [-0.1, -0.05) is 60.7 Å². The fourth-order valence-electron chi connectivity index (χ4n) is 3.57. The van der Waals surface area contributed by atoms with Crippen LogP contribution >= 0.6 is 0 Å². The lowest BCUT2D eigenvalue weighted by atomic mass is 10.0. The molecule has 0 atom stereocenters. The molecule has 0 radical (unpaired) electrons. The van der Waals surface area contributed by atoms with Crippen LogP contribution in [0.1, 0.15) is 22.3 Å². The van der Waals surface area contributed by atoms with E-state index >= 15 is 0 Å². The van der Waals surface area contributed by atoms with E-state index in [0.29, 0.717) is 17.5 Å². The van der Waals surface area contributed by atoms with Crippen molar-refractivity contribution in [3.63, 3.8) is 0 Å². The highest BCUT2D eigenvalue weighted by molar-refractivity contribution is 7.87. The number of hydrogen-bond donors (Lipinski definition) is 0. The third-order valence-corrected chi connectivity index (χ3v) is 7.85. The first-order valence-corrected chi connectivity index (χ1v) is 13.6. The summed E-state index contributed by atoms with van der Waals surface area (Å²) in [5.41, 5.74) is 3.29. The Hall–Kier alpha value is -3.62. The largest absolute Gasteiger partial charge is 0.379 e. The molecule has 0 spiro atoms. The van der Waals surface area contributed by atoms with Crippen LogP contribution in [0.3, 0.4) is 0 Å².